The summed E-state index contributed by atoms with van der Waals surface area (Å²) in [5, 5.41) is 5.81. The lowest BCUT2D eigenvalue weighted by Crippen LogP contribution is -2.58. The van der Waals surface area contributed by atoms with Crippen LogP contribution in [-0.2, 0) is 19.1 Å². The minimum absolute atomic E-state index is 0. The number of rotatable bonds is 5. The normalized spacial score (nSPS) is 21.7. The molecule has 1 heterocycles. The maximum absolute atomic E-state index is 12.0. The fraction of sp³-hybridized carbons (Fsp3) is 0.833. The standard InChI is InChI=1S/C12H22N2O4.ClH/c1-4-5-12(2,11(16)17-3)14-10(15)9-8-13-6-7-18-9;/h9,13H,4-8H2,1-3H3,(H,14,15);1H. The molecule has 1 amide bonds. The number of morpholine rings is 1. The molecule has 0 aromatic carbocycles. The van der Waals surface area contributed by atoms with Crippen molar-refractivity contribution >= 4 is 24.3 Å². The molecule has 0 aromatic heterocycles. The Balaban J connectivity index is 0.00000324. The van der Waals surface area contributed by atoms with Gasteiger partial charge in [0.1, 0.15) is 11.6 Å². The second-order valence-electron chi connectivity index (χ2n) is 4.63. The Morgan fingerprint density at radius 1 is 1.53 bits per heavy atom. The van der Waals surface area contributed by atoms with Crippen LogP contribution in [0.3, 0.4) is 0 Å². The Morgan fingerprint density at radius 3 is 2.68 bits per heavy atom. The summed E-state index contributed by atoms with van der Waals surface area (Å²) in [5.41, 5.74) is -0.985. The van der Waals surface area contributed by atoms with E-state index in [4.69, 9.17) is 9.47 Å². The smallest absolute Gasteiger partial charge is 0.331 e. The Kier molecular flexibility index (Phi) is 7.97. The molecule has 1 saturated heterocycles. The lowest BCUT2D eigenvalue weighted by molar-refractivity contribution is -0.153. The molecule has 2 atom stereocenters. The summed E-state index contributed by atoms with van der Waals surface area (Å²) in [7, 11) is 1.32. The molecule has 0 aromatic rings. The van der Waals surface area contributed by atoms with Gasteiger partial charge in [-0.3, -0.25) is 4.79 Å². The van der Waals surface area contributed by atoms with Crippen molar-refractivity contribution in [1.29, 1.82) is 0 Å². The molecule has 0 aliphatic carbocycles. The largest absolute Gasteiger partial charge is 0.467 e. The number of amides is 1. The van der Waals surface area contributed by atoms with Gasteiger partial charge in [-0.2, -0.15) is 0 Å². The molecule has 0 spiro atoms. The van der Waals surface area contributed by atoms with Crippen LogP contribution in [0.4, 0.5) is 0 Å². The fourth-order valence-electron chi connectivity index (χ4n) is 2.03. The monoisotopic (exact) mass is 294 g/mol. The molecule has 2 unspecified atom stereocenters. The van der Waals surface area contributed by atoms with Crippen LogP contribution in [0, 0.1) is 0 Å². The number of nitrogens with one attached hydrogen (secondary N) is 2. The van der Waals surface area contributed by atoms with E-state index in [1.54, 1.807) is 6.92 Å². The zero-order valence-electron chi connectivity index (χ0n) is 11.7. The van der Waals surface area contributed by atoms with Gasteiger partial charge in [0, 0.05) is 13.1 Å². The van der Waals surface area contributed by atoms with Gasteiger partial charge in [0.15, 0.2) is 0 Å². The Bertz CT molecular complexity index is 308. The summed E-state index contributed by atoms with van der Waals surface area (Å²) in [6.45, 7) is 5.34. The van der Waals surface area contributed by atoms with Crippen LogP contribution in [-0.4, -0.2) is 50.3 Å². The minimum Gasteiger partial charge on any atom is -0.467 e. The van der Waals surface area contributed by atoms with Crippen LogP contribution in [0.2, 0.25) is 0 Å². The molecule has 112 valence electrons. The maximum Gasteiger partial charge on any atom is 0.331 e. The Labute approximate surface area is 120 Å². The van der Waals surface area contributed by atoms with E-state index in [-0.39, 0.29) is 18.3 Å². The minimum atomic E-state index is -0.985. The van der Waals surface area contributed by atoms with Crippen molar-refractivity contribution in [1.82, 2.24) is 10.6 Å². The van der Waals surface area contributed by atoms with E-state index in [9.17, 15) is 9.59 Å². The maximum atomic E-state index is 12.0. The number of hydrogen-bond acceptors (Lipinski definition) is 5. The van der Waals surface area contributed by atoms with E-state index in [0.29, 0.717) is 19.6 Å². The molecule has 19 heavy (non-hydrogen) atoms. The third kappa shape index (κ3) is 4.97. The van der Waals surface area contributed by atoms with Gasteiger partial charge in [0.2, 0.25) is 0 Å². The number of esters is 1. The van der Waals surface area contributed by atoms with Gasteiger partial charge in [0.25, 0.3) is 5.91 Å². The molecule has 1 aliphatic rings. The SMILES string of the molecule is CCCC(C)(NC(=O)C1CNCCO1)C(=O)OC.Cl. The predicted molar refractivity (Wildman–Crippen MR) is 73.3 cm³/mol. The molecule has 0 radical (unpaired) electrons. The Hall–Kier alpha value is -0.850. The summed E-state index contributed by atoms with van der Waals surface area (Å²) < 4.78 is 10.1. The van der Waals surface area contributed by atoms with Crippen LogP contribution >= 0.6 is 12.4 Å². The second-order valence-corrected chi connectivity index (χ2v) is 4.63. The molecule has 2 N–H and O–H groups in total. The van der Waals surface area contributed by atoms with E-state index in [1.807, 2.05) is 6.92 Å². The molecule has 0 saturated carbocycles. The van der Waals surface area contributed by atoms with E-state index in [2.05, 4.69) is 10.6 Å². The van der Waals surface area contributed by atoms with Crippen molar-refractivity contribution in [2.24, 2.45) is 0 Å². The van der Waals surface area contributed by atoms with Crippen LogP contribution in [0.25, 0.3) is 0 Å². The van der Waals surface area contributed by atoms with Crippen LogP contribution < -0.4 is 10.6 Å². The zero-order chi connectivity index (χ0) is 13.6. The molecule has 6 nitrogen and oxygen atoms in total. The van der Waals surface area contributed by atoms with E-state index in [0.717, 1.165) is 13.0 Å². The highest BCUT2D eigenvalue weighted by Gasteiger charge is 2.37. The van der Waals surface area contributed by atoms with Crippen LogP contribution in [0.15, 0.2) is 0 Å². The highest BCUT2D eigenvalue weighted by atomic mass is 35.5. The third-order valence-corrected chi connectivity index (χ3v) is 3.01. The quantitative estimate of drug-likeness (QED) is 0.711. The van der Waals surface area contributed by atoms with Gasteiger partial charge in [-0.25, -0.2) is 4.79 Å². The predicted octanol–water partition coefficient (Wildman–Crippen LogP) is 0.245. The van der Waals surface area contributed by atoms with Crippen molar-refractivity contribution in [3.63, 3.8) is 0 Å². The topological polar surface area (TPSA) is 76.7 Å². The first kappa shape index (κ1) is 18.1. The fourth-order valence-corrected chi connectivity index (χ4v) is 2.03. The number of carbonyl (C=O) groups is 2. The van der Waals surface area contributed by atoms with Crippen molar-refractivity contribution in [2.75, 3.05) is 26.8 Å². The number of ether oxygens (including phenoxy) is 2. The number of hydrogen-bond donors (Lipinski definition) is 2. The molecule has 7 heteroatoms. The average Bonchev–Trinajstić information content (AvgIpc) is 2.39. The zero-order valence-corrected chi connectivity index (χ0v) is 12.5. The third-order valence-electron chi connectivity index (χ3n) is 3.01. The summed E-state index contributed by atoms with van der Waals surface area (Å²) in [4.78, 5) is 23.8. The lowest BCUT2D eigenvalue weighted by atomic mass is 9.95. The van der Waals surface area contributed by atoms with Crippen molar-refractivity contribution in [3.05, 3.63) is 0 Å². The summed E-state index contributed by atoms with van der Waals surface area (Å²) in [5.74, 6) is -0.704. The molecule has 1 fully saturated rings. The first-order valence-electron chi connectivity index (χ1n) is 6.26. The van der Waals surface area contributed by atoms with Crippen molar-refractivity contribution < 1.29 is 19.1 Å². The van der Waals surface area contributed by atoms with Gasteiger partial charge in [-0.05, 0) is 13.3 Å². The Morgan fingerprint density at radius 2 is 2.21 bits per heavy atom. The number of methoxy groups -OCH3 is 1. The molecular weight excluding hydrogens is 272 g/mol. The molecule has 1 rings (SSSR count). The van der Waals surface area contributed by atoms with Gasteiger partial charge >= 0.3 is 5.97 Å². The lowest BCUT2D eigenvalue weighted by Gasteiger charge is -2.31. The van der Waals surface area contributed by atoms with Crippen molar-refractivity contribution in [3.8, 4) is 0 Å². The van der Waals surface area contributed by atoms with E-state index in [1.165, 1.54) is 7.11 Å². The van der Waals surface area contributed by atoms with Crippen LogP contribution in [0.1, 0.15) is 26.7 Å². The van der Waals surface area contributed by atoms with Gasteiger partial charge in [-0.1, -0.05) is 13.3 Å². The van der Waals surface area contributed by atoms with Gasteiger partial charge in [-0.15, -0.1) is 12.4 Å². The summed E-state index contributed by atoms with van der Waals surface area (Å²) >= 11 is 0. The van der Waals surface area contributed by atoms with E-state index >= 15 is 0 Å². The first-order valence-corrected chi connectivity index (χ1v) is 6.26. The average molecular weight is 295 g/mol. The number of carbonyl (C=O) groups excluding carboxylic acids is 2. The van der Waals surface area contributed by atoms with Crippen LogP contribution in [0.5, 0.6) is 0 Å². The second kappa shape index (κ2) is 8.35. The molecule has 0 bridgehead atoms. The number of halogens is 1. The van der Waals surface area contributed by atoms with E-state index < -0.39 is 17.6 Å². The summed E-state index contributed by atoms with van der Waals surface area (Å²) in [6.07, 6.45) is 0.765. The molecular formula is C12H23ClN2O4. The summed E-state index contributed by atoms with van der Waals surface area (Å²) in [6, 6.07) is 0. The highest BCUT2D eigenvalue weighted by Crippen LogP contribution is 2.15. The molecule has 1 aliphatic heterocycles. The van der Waals surface area contributed by atoms with Crippen molar-refractivity contribution in [2.45, 2.75) is 38.3 Å². The first-order chi connectivity index (χ1) is 8.53. The highest BCUT2D eigenvalue weighted by molar-refractivity contribution is 5.89. The van der Waals surface area contributed by atoms with Gasteiger partial charge in [0.05, 0.1) is 13.7 Å². The van der Waals surface area contributed by atoms with Gasteiger partial charge < -0.3 is 20.1 Å².